The molecule has 0 saturated heterocycles. The van der Waals surface area contributed by atoms with E-state index in [1.807, 2.05) is 0 Å². The molecule has 13 heavy (non-hydrogen) atoms. The largest absolute Gasteiger partial charge is 0.395 e. The lowest BCUT2D eigenvalue weighted by Gasteiger charge is -2.05. The molecule has 0 unspecified atom stereocenters. The molecule has 0 aromatic carbocycles. The third-order valence-corrected chi connectivity index (χ3v) is 1.57. The summed E-state index contributed by atoms with van der Waals surface area (Å²) in [5.74, 6) is -0.0955. The molecule has 5 heteroatoms. The summed E-state index contributed by atoms with van der Waals surface area (Å²) in [7, 11) is 0. The van der Waals surface area contributed by atoms with Gasteiger partial charge >= 0.3 is 0 Å². The van der Waals surface area contributed by atoms with Crippen LogP contribution in [0.15, 0.2) is 12.3 Å². The number of aliphatic hydroxyl groups excluding tert-OH is 1. The molecule has 0 aliphatic heterocycles. The number of nitrogens with zero attached hydrogens (tertiary/aromatic N) is 1. The summed E-state index contributed by atoms with van der Waals surface area (Å²) in [6.45, 7) is 0.912. The summed E-state index contributed by atoms with van der Waals surface area (Å²) in [5.41, 5.74) is 6.10. The number of anilines is 1. The van der Waals surface area contributed by atoms with Crippen LogP contribution in [-0.4, -0.2) is 23.2 Å². The summed E-state index contributed by atoms with van der Waals surface area (Å²) in [5, 5.41) is 11.4. The van der Waals surface area contributed by atoms with Crippen LogP contribution in [0, 0.1) is 5.82 Å². The van der Waals surface area contributed by atoms with Crippen LogP contribution in [0.3, 0.4) is 0 Å². The Bertz CT molecular complexity index is 280. The maximum absolute atomic E-state index is 12.7. The van der Waals surface area contributed by atoms with Gasteiger partial charge in [0.15, 0.2) is 0 Å². The van der Waals surface area contributed by atoms with Gasteiger partial charge in [0.05, 0.1) is 12.8 Å². The van der Waals surface area contributed by atoms with E-state index in [-0.39, 0.29) is 6.61 Å². The molecule has 4 nitrogen and oxygen atoms in total. The first-order valence-corrected chi connectivity index (χ1v) is 3.95. The quantitative estimate of drug-likeness (QED) is 0.572. The lowest BCUT2D eigenvalue weighted by atomic mass is 10.2. The number of pyridine rings is 1. The van der Waals surface area contributed by atoms with Crippen LogP contribution in [0.2, 0.25) is 0 Å². The van der Waals surface area contributed by atoms with Crippen molar-refractivity contribution < 1.29 is 9.50 Å². The number of hydrogen-bond acceptors (Lipinski definition) is 4. The number of aromatic nitrogens is 1. The summed E-state index contributed by atoms with van der Waals surface area (Å²) < 4.78 is 12.7. The van der Waals surface area contributed by atoms with Crippen molar-refractivity contribution in [3.63, 3.8) is 0 Å². The van der Waals surface area contributed by atoms with E-state index in [2.05, 4.69) is 10.3 Å². The minimum absolute atomic E-state index is 0.0443. The zero-order chi connectivity index (χ0) is 9.68. The normalized spacial score (nSPS) is 10.3. The van der Waals surface area contributed by atoms with Crippen molar-refractivity contribution >= 4 is 5.82 Å². The van der Waals surface area contributed by atoms with Gasteiger partial charge in [-0.1, -0.05) is 0 Å². The summed E-state index contributed by atoms with van der Waals surface area (Å²) in [6.07, 6.45) is 1.07. The van der Waals surface area contributed by atoms with Gasteiger partial charge in [-0.15, -0.1) is 0 Å². The van der Waals surface area contributed by atoms with E-state index in [1.54, 1.807) is 0 Å². The highest BCUT2D eigenvalue weighted by atomic mass is 19.1. The molecule has 72 valence electrons. The second-order valence-corrected chi connectivity index (χ2v) is 2.60. The van der Waals surface area contributed by atoms with E-state index in [4.69, 9.17) is 10.8 Å². The lowest BCUT2D eigenvalue weighted by molar-refractivity contribution is 0.292. The Hall–Kier alpha value is -1.20. The summed E-state index contributed by atoms with van der Waals surface area (Å²) in [6, 6.07) is 1.33. The summed E-state index contributed by atoms with van der Waals surface area (Å²) in [4.78, 5) is 3.66. The van der Waals surface area contributed by atoms with Crippen LogP contribution >= 0.6 is 0 Å². The van der Waals surface area contributed by atoms with Crippen molar-refractivity contribution in [2.45, 2.75) is 6.54 Å². The Kier molecular flexibility index (Phi) is 3.60. The van der Waals surface area contributed by atoms with Crippen molar-refractivity contribution in [3.8, 4) is 0 Å². The van der Waals surface area contributed by atoms with Crippen LogP contribution in [-0.2, 0) is 6.54 Å². The van der Waals surface area contributed by atoms with Crippen LogP contribution in [0.1, 0.15) is 5.56 Å². The van der Waals surface area contributed by atoms with E-state index >= 15 is 0 Å². The van der Waals surface area contributed by atoms with Gasteiger partial charge in [0.1, 0.15) is 11.6 Å². The predicted octanol–water partition coefficient (Wildman–Crippen LogP) is -0.115. The van der Waals surface area contributed by atoms with Gasteiger partial charge in [-0.3, -0.25) is 0 Å². The maximum atomic E-state index is 12.7. The third kappa shape index (κ3) is 2.96. The zero-order valence-electron chi connectivity index (χ0n) is 7.13. The first-order valence-electron chi connectivity index (χ1n) is 3.95. The molecule has 0 radical (unpaired) electrons. The third-order valence-electron chi connectivity index (χ3n) is 1.57. The minimum atomic E-state index is -0.407. The molecule has 1 aromatic rings. The number of nitrogens with two attached hydrogens (primary N) is 1. The van der Waals surface area contributed by atoms with Crippen LogP contribution in [0.4, 0.5) is 10.2 Å². The molecule has 0 amide bonds. The molecule has 1 heterocycles. The van der Waals surface area contributed by atoms with Crippen molar-refractivity contribution in [2.24, 2.45) is 0 Å². The van der Waals surface area contributed by atoms with Crippen molar-refractivity contribution in [1.29, 1.82) is 0 Å². The van der Waals surface area contributed by atoms with E-state index in [0.717, 1.165) is 6.20 Å². The van der Waals surface area contributed by atoms with Crippen LogP contribution in [0.25, 0.3) is 0 Å². The number of nitrogens with one attached hydrogen (secondary N) is 1. The summed E-state index contributed by atoms with van der Waals surface area (Å²) >= 11 is 0. The van der Waals surface area contributed by atoms with Gasteiger partial charge in [0, 0.05) is 18.7 Å². The van der Waals surface area contributed by atoms with Gasteiger partial charge in [0.25, 0.3) is 0 Å². The Morgan fingerprint density at radius 1 is 1.62 bits per heavy atom. The Morgan fingerprint density at radius 3 is 3.08 bits per heavy atom. The molecule has 0 bridgehead atoms. The van der Waals surface area contributed by atoms with Crippen molar-refractivity contribution in [1.82, 2.24) is 10.3 Å². The van der Waals surface area contributed by atoms with Gasteiger partial charge in [-0.05, 0) is 6.07 Å². The molecule has 0 spiro atoms. The van der Waals surface area contributed by atoms with Crippen molar-refractivity contribution in [3.05, 3.63) is 23.6 Å². The number of rotatable bonds is 4. The van der Waals surface area contributed by atoms with Crippen LogP contribution in [0.5, 0.6) is 0 Å². The molecule has 0 fully saturated rings. The highest BCUT2D eigenvalue weighted by molar-refractivity contribution is 5.38. The second-order valence-electron chi connectivity index (χ2n) is 2.60. The fourth-order valence-corrected chi connectivity index (χ4v) is 0.935. The first kappa shape index (κ1) is 9.88. The Labute approximate surface area is 75.6 Å². The number of hydrogen-bond donors (Lipinski definition) is 3. The molecule has 4 N–H and O–H groups in total. The van der Waals surface area contributed by atoms with Gasteiger partial charge < -0.3 is 16.2 Å². The van der Waals surface area contributed by atoms with Crippen LogP contribution < -0.4 is 11.1 Å². The Morgan fingerprint density at radius 2 is 2.38 bits per heavy atom. The molecular formula is C8H12FN3O. The molecule has 0 atom stereocenters. The molecule has 0 saturated carbocycles. The molecule has 0 aliphatic carbocycles. The van der Waals surface area contributed by atoms with E-state index in [9.17, 15) is 4.39 Å². The van der Waals surface area contributed by atoms with E-state index in [0.29, 0.717) is 24.5 Å². The van der Waals surface area contributed by atoms with E-state index < -0.39 is 5.82 Å². The average Bonchev–Trinajstić information content (AvgIpc) is 2.11. The highest BCUT2D eigenvalue weighted by Crippen LogP contribution is 2.08. The Balaban J connectivity index is 2.59. The number of aliphatic hydroxyl groups is 1. The SMILES string of the molecule is Nc1ncc(F)cc1CNCCO. The first-order chi connectivity index (χ1) is 6.24. The topological polar surface area (TPSA) is 71.2 Å². The van der Waals surface area contributed by atoms with E-state index in [1.165, 1.54) is 6.07 Å². The monoisotopic (exact) mass is 185 g/mol. The van der Waals surface area contributed by atoms with Crippen molar-refractivity contribution in [2.75, 3.05) is 18.9 Å². The zero-order valence-corrected chi connectivity index (χ0v) is 7.13. The van der Waals surface area contributed by atoms with Gasteiger partial charge in [-0.25, -0.2) is 9.37 Å². The molecule has 0 aliphatic rings. The number of halogens is 1. The average molecular weight is 185 g/mol. The smallest absolute Gasteiger partial charge is 0.141 e. The highest BCUT2D eigenvalue weighted by Gasteiger charge is 2.01. The molecular weight excluding hydrogens is 173 g/mol. The van der Waals surface area contributed by atoms with Gasteiger partial charge in [0.2, 0.25) is 0 Å². The molecule has 1 rings (SSSR count). The molecule has 1 aromatic heterocycles. The fourth-order valence-electron chi connectivity index (χ4n) is 0.935. The maximum Gasteiger partial charge on any atom is 0.141 e. The van der Waals surface area contributed by atoms with Gasteiger partial charge in [-0.2, -0.15) is 0 Å². The minimum Gasteiger partial charge on any atom is -0.395 e. The predicted molar refractivity (Wildman–Crippen MR) is 47.4 cm³/mol. The lowest BCUT2D eigenvalue weighted by Crippen LogP contribution is -2.18. The standard InChI is InChI=1S/C8H12FN3O/c9-7-3-6(4-11-1-2-13)8(10)12-5-7/h3,5,11,13H,1-2,4H2,(H2,10,12). The number of nitrogen functional groups attached to an aromatic ring is 1. The second kappa shape index (κ2) is 4.74. The fraction of sp³-hybridized carbons (Fsp3) is 0.375.